The Labute approximate surface area is 88.7 Å². The lowest BCUT2D eigenvalue weighted by atomic mass is 10.1. The molecule has 0 aromatic heterocycles. The number of aliphatic hydroxyl groups is 1. The van der Waals surface area contributed by atoms with Gasteiger partial charge < -0.3 is 9.84 Å². The number of esters is 1. The Kier molecular flexibility index (Phi) is 4.39. The topological polar surface area (TPSA) is 46.5 Å². The zero-order valence-electron chi connectivity index (χ0n) is 8.49. The maximum absolute atomic E-state index is 11.1. The highest BCUT2D eigenvalue weighted by Crippen LogP contribution is 2.08. The molecule has 78 valence electrons. The van der Waals surface area contributed by atoms with Crippen molar-refractivity contribution >= 4 is 5.97 Å². The van der Waals surface area contributed by atoms with Gasteiger partial charge in [0, 0.05) is 5.56 Å². The first kappa shape index (κ1) is 11.3. The Morgan fingerprint density at radius 2 is 2.20 bits per heavy atom. The normalized spacial score (nSPS) is 8.93. The summed E-state index contributed by atoms with van der Waals surface area (Å²) in [5.74, 6) is 5.04. The second-order valence-corrected chi connectivity index (χ2v) is 2.87. The molecule has 0 radical (unpaired) electrons. The number of aliphatic hydroxyl groups excluding tert-OH is 1. The van der Waals surface area contributed by atoms with Crippen molar-refractivity contribution in [1.82, 2.24) is 0 Å². The van der Waals surface area contributed by atoms with E-state index in [-0.39, 0.29) is 19.0 Å². The molecule has 0 saturated heterocycles. The molecular weight excluding hydrogens is 192 g/mol. The lowest BCUT2D eigenvalue weighted by Gasteiger charge is -2.02. The summed E-state index contributed by atoms with van der Waals surface area (Å²) in [4.78, 5) is 11.1. The predicted molar refractivity (Wildman–Crippen MR) is 56.1 cm³/mol. The number of methoxy groups -OCH3 is 1. The van der Waals surface area contributed by atoms with Crippen LogP contribution >= 0.6 is 0 Å². The molecule has 0 aliphatic rings. The van der Waals surface area contributed by atoms with Crippen LogP contribution in [-0.2, 0) is 16.0 Å². The first-order valence-corrected chi connectivity index (χ1v) is 4.52. The molecule has 3 heteroatoms. The van der Waals surface area contributed by atoms with Gasteiger partial charge in [0.1, 0.15) is 6.61 Å². The van der Waals surface area contributed by atoms with Crippen LogP contribution in [0.3, 0.4) is 0 Å². The Morgan fingerprint density at radius 3 is 2.87 bits per heavy atom. The molecular formula is C12H12O3. The highest BCUT2D eigenvalue weighted by molar-refractivity contribution is 5.73. The molecule has 1 N–H and O–H groups in total. The fraction of sp³-hybridized carbons (Fsp3) is 0.250. The second-order valence-electron chi connectivity index (χ2n) is 2.87. The molecule has 0 atom stereocenters. The van der Waals surface area contributed by atoms with Crippen molar-refractivity contribution in [3.05, 3.63) is 35.4 Å². The standard InChI is InChI=1S/C12H12O3/c1-15-12(14)9-11-6-3-2-5-10(11)7-4-8-13/h2-3,5-6,13H,8-9H2,1H3. The molecule has 0 bridgehead atoms. The second kappa shape index (κ2) is 5.84. The predicted octanol–water partition coefficient (Wildman–Crippen LogP) is 0.746. The summed E-state index contributed by atoms with van der Waals surface area (Å²) in [6.07, 6.45) is 0.201. The molecule has 0 fully saturated rings. The molecule has 0 aliphatic heterocycles. The van der Waals surface area contributed by atoms with E-state index in [2.05, 4.69) is 16.6 Å². The molecule has 15 heavy (non-hydrogen) atoms. The first-order chi connectivity index (χ1) is 7.27. The van der Waals surface area contributed by atoms with Gasteiger partial charge in [0.15, 0.2) is 0 Å². The molecule has 0 unspecified atom stereocenters. The van der Waals surface area contributed by atoms with Crippen LogP contribution in [0.2, 0.25) is 0 Å². The molecule has 3 nitrogen and oxygen atoms in total. The number of rotatable bonds is 2. The Balaban J connectivity index is 2.91. The molecule has 1 aromatic carbocycles. The molecule has 0 heterocycles. The summed E-state index contributed by atoms with van der Waals surface area (Å²) in [6, 6.07) is 7.30. The minimum absolute atomic E-state index is 0.188. The van der Waals surface area contributed by atoms with Crippen molar-refractivity contribution in [2.75, 3.05) is 13.7 Å². The summed E-state index contributed by atoms with van der Waals surface area (Å²) in [7, 11) is 1.35. The molecule has 0 amide bonds. The van der Waals surface area contributed by atoms with E-state index in [1.807, 2.05) is 18.2 Å². The van der Waals surface area contributed by atoms with E-state index in [1.165, 1.54) is 7.11 Å². The van der Waals surface area contributed by atoms with Gasteiger partial charge in [-0.1, -0.05) is 30.0 Å². The van der Waals surface area contributed by atoms with E-state index >= 15 is 0 Å². The van der Waals surface area contributed by atoms with Gasteiger partial charge in [-0.05, 0) is 11.6 Å². The molecule has 1 aromatic rings. The van der Waals surface area contributed by atoms with E-state index < -0.39 is 0 Å². The van der Waals surface area contributed by atoms with Crippen molar-refractivity contribution in [1.29, 1.82) is 0 Å². The monoisotopic (exact) mass is 204 g/mol. The Morgan fingerprint density at radius 1 is 1.47 bits per heavy atom. The molecule has 0 saturated carbocycles. The fourth-order valence-electron chi connectivity index (χ4n) is 1.16. The van der Waals surface area contributed by atoms with E-state index in [4.69, 9.17) is 5.11 Å². The van der Waals surface area contributed by atoms with Crippen LogP contribution in [0.25, 0.3) is 0 Å². The summed E-state index contributed by atoms with van der Waals surface area (Å²) in [5.41, 5.74) is 1.56. The van der Waals surface area contributed by atoms with Gasteiger partial charge in [-0.25, -0.2) is 0 Å². The molecule has 1 rings (SSSR count). The summed E-state index contributed by atoms with van der Waals surface area (Å²) < 4.78 is 4.58. The number of carbonyl (C=O) groups is 1. The SMILES string of the molecule is COC(=O)Cc1ccccc1C#CCO. The zero-order chi connectivity index (χ0) is 11.1. The van der Waals surface area contributed by atoms with Crippen LogP contribution in [0.1, 0.15) is 11.1 Å². The largest absolute Gasteiger partial charge is 0.469 e. The average molecular weight is 204 g/mol. The number of benzene rings is 1. The summed E-state index contributed by atoms with van der Waals surface area (Å²) >= 11 is 0. The lowest BCUT2D eigenvalue weighted by Crippen LogP contribution is -2.05. The summed E-state index contributed by atoms with van der Waals surface area (Å²) in [6.45, 7) is -0.188. The van der Waals surface area contributed by atoms with E-state index in [0.717, 1.165) is 11.1 Å². The van der Waals surface area contributed by atoms with Gasteiger partial charge >= 0.3 is 5.97 Å². The van der Waals surface area contributed by atoms with E-state index in [0.29, 0.717) is 0 Å². The number of hydrogen-bond acceptors (Lipinski definition) is 3. The van der Waals surface area contributed by atoms with Gasteiger partial charge in [0.2, 0.25) is 0 Å². The van der Waals surface area contributed by atoms with Gasteiger partial charge in [-0.15, -0.1) is 0 Å². The summed E-state index contributed by atoms with van der Waals surface area (Å²) in [5, 5.41) is 8.58. The number of ether oxygens (including phenoxy) is 1. The first-order valence-electron chi connectivity index (χ1n) is 4.52. The van der Waals surface area contributed by atoms with E-state index in [1.54, 1.807) is 6.07 Å². The minimum Gasteiger partial charge on any atom is -0.469 e. The lowest BCUT2D eigenvalue weighted by molar-refractivity contribution is -0.139. The minimum atomic E-state index is -0.298. The molecule has 0 spiro atoms. The van der Waals surface area contributed by atoms with Gasteiger partial charge in [-0.2, -0.15) is 0 Å². The third kappa shape index (κ3) is 3.45. The zero-order valence-corrected chi connectivity index (χ0v) is 8.49. The average Bonchev–Trinajstić information content (AvgIpc) is 2.28. The van der Waals surface area contributed by atoms with Gasteiger partial charge in [0.25, 0.3) is 0 Å². The van der Waals surface area contributed by atoms with Crippen LogP contribution in [0.4, 0.5) is 0 Å². The maximum atomic E-state index is 11.1. The van der Waals surface area contributed by atoms with Crippen LogP contribution in [0.15, 0.2) is 24.3 Å². The highest BCUT2D eigenvalue weighted by atomic mass is 16.5. The fourth-order valence-corrected chi connectivity index (χ4v) is 1.16. The van der Waals surface area contributed by atoms with Crippen LogP contribution < -0.4 is 0 Å². The van der Waals surface area contributed by atoms with Crippen molar-refractivity contribution in [3.63, 3.8) is 0 Å². The Hall–Kier alpha value is -1.79. The van der Waals surface area contributed by atoms with E-state index in [9.17, 15) is 4.79 Å². The number of hydrogen-bond donors (Lipinski definition) is 1. The third-order valence-electron chi connectivity index (χ3n) is 1.88. The smallest absolute Gasteiger partial charge is 0.310 e. The van der Waals surface area contributed by atoms with Crippen molar-refractivity contribution < 1.29 is 14.6 Å². The van der Waals surface area contributed by atoms with Crippen molar-refractivity contribution in [2.45, 2.75) is 6.42 Å². The quantitative estimate of drug-likeness (QED) is 0.571. The van der Waals surface area contributed by atoms with Crippen LogP contribution in [0, 0.1) is 11.8 Å². The molecule has 0 aliphatic carbocycles. The Bertz CT molecular complexity index is 399. The van der Waals surface area contributed by atoms with Gasteiger partial charge in [-0.3, -0.25) is 4.79 Å². The maximum Gasteiger partial charge on any atom is 0.310 e. The van der Waals surface area contributed by atoms with Crippen LogP contribution in [0.5, 0.6) is 0 Å². The van der Waals surface area contributed by atoms with Crippen LogP contribution in [-0.4, -0.2) is 24.8 Å². The highest BCUT2D eigenvalue weighted by Gasteiger charge is 2.05. The van der Waals surface area contributed by atoms with Crippen molar-refractivity contribution in [3.8, 4) is 11.8 Å². The third-order valence-corrected chi connectivity index (χ3v) is 1.88. The van der Waals surface area contributed by atoms with Gasteiger partial charge in [0.05, 0.1) is 13.5 Å². The number of carbonyl (C=O) groups excluding carboxylic acids is 1. The van der Waals surface area contributed by atoms with Crippen molar-refractivity contribution in [2.24, 2.45) is 0 Å².